The SMILES string of the molecule is CCCC(CBr)CSc1ccc(C)cc1. The topological polar surface area (TPSA) is 0 Å². The summed E-state index contributed by atoms with van der Waals surface area (Å²) in [5.41, 5.74) is 1.34. The van der Waals surface area contributed by atoms with Crippen molar-refractivity contribution in [3.05, 3.63) is 29.8 Å². The molecular weight excluding hydrogens is 268 g/mol. The van der Waals surface area contributed by atoms with E-state index in [1.165, 1.54) is 29.1 Å². The van der Waals surface area contributed by atoms with Crippen LogP contribution in [0.3, 0.4) is 0 Å². The Bertz CT molecular complexity index is 268. The zero-order valence-electron chi connectivity index (χ0n) is 9.50. The van der Waals surface area contributed by atoms with E-state index in [9.17, 15) is 0 Å². The Morgan fingerprint density at radius 2 is 1.93 bits per heavy atom. The van der Waals surface area contributed by atoms with Crippen molar-refractivity contribution in [2.75, 3.05) is 11.1 Å². The molecular formula is C13H19BrS. The van der Waals surface area contributed by atoms with Crippen molar-refractivity contribution in [3.63, 3.8) is 0 Å². The molecule has 0 heterocycles. The minimum absolute atomic E-state index is 0.807. The summed E-state index contributed by atoms with van der Waals surface area (Å²) in [5.74, 6) is 2.03. The number of aryl methyl sites for hydroxylation is 1. The molecule has 0 amide bonds. The third-order valence-electron chi connectivity index (χ3n) is 2.42. The lowest BCUT2D eigenvalue weighted by Gasteiger charge is -2.12. The number of alkyl halides is 1. The molecule has 0 nitrogen and oxygen atoms in total. The zero-order valence-corrected chi connectivity index (χ0v) is 11.9. The van der Waals surface area contributed by atoms with Gasteiger partial charge in [0.2, 0.25) is 0 Å². The Morgan fingerprint density at radius 1 is 1.27 bits per heavy atom. The van der Waals surface area contributed by atoms with E-state index in [1.807, 2.05) is 11.8 Å². The number of thioether (sulfide) groups is 1. The predicted octanol–water partition coefficient (Wildman–Crippen LogP) is 4.90. The van der Waals surface area contributed by atoms with Gasteiger partial charge in [-0.25, -0.2) is 0 Å². The van der Waals surface area contributed by atoms with E-state index >= 15 is 0 Å². The quantitative estimate of drug-likeness (QED) is 0.530. The van der Waals surface area contributed by atoms with Crippen LogP contribution in [0.4, 0.5) is 0 Å². The van der Waals surface area contributed by atoms with Crippen molar-refractivity contribution < 1.29 is 0 Å². The van der Waals surface area contributed by atoms with Crippen molar-refractivity contribution in [1.82, 2.24) is 0 Å². The highest BCUT2D eigenvalue weighted by Crippen LogP contribution is 2.24. The Balaban J connectivity index is 2.38. The van der Waals surface area contributed by atoms with Gasteiger partial charge in [-0.3, -0.25) is 0 Å². The molecule has 1 unspecified atom stereocenters. The summed E-state index contributed by atoms with van der Waals surface area (Å²) in [7, 11) is 0. The average molecular weight is 287 g/mol. The monoisotopic (exact) mass is 286 g/mol. The first kappa shape index (κ1) is 13.1. The van der Waals surface area contributed by atoms with Gasteiger partial charge in [0, 0.05) is 16.0 Å². The van der Waals surface area contributed by atoms with Crippen LogP contribution in [0.25, 0.3) is 0 Å². The highest BCUT2D eigenvalue weighted by molar-refractivity contribution is 9.09. The molecule has 1 atom stereocenters. The van der Waals surface area contributed by atoms with Crippen LogP contribution in [0.2, 0.25) is 0 Å². The van der Waals surface area contributed by atoms with Crippen LogP contribution in [0.15, 0.2) is 29.2 Å². The van der Waals surface area contributed by atoms with E-state index in [4.69, 9.17) is 0 Å². The van der Waals surface area contributed by atoms with Crippen LogP contribution in [-0.4, -0.2) is 11.1 Å². The summed E-state index contributed by atoms with van der Waals surface area (Å²) in [5, 5.41) is 1.12. The molecule has 0 saturated heterocycles. The van der Waals surface area contributed by atoms with Gasteiger partial charge in [0.05, 0.1) is 0 Å². The number of rotatable bonds is 6. The largest absolute Gasteiger partial charge is 0.126 e. The Morgan fingerprint density at radius 3 is 2.47 bits per heavy atom. The van der Waals surface area contributed by atoms with E-state index in [1.54, 1.807) is 0 Å². The Kier molecular flexibility index (Phi) is 6.42. The molecule has 0 spiro atoms. The highest BCUT2D eigenvalue weighted by Gasteiger charge is 2.06. The van der Waals surface area contributed by atoms with Gasteiger partial charge in [-0.1, -0.05) is 47.0 Å². The molecule has 1 aromatic carbocycles. The van der Waals surface area contributed by atoms with E-state index in [0.29, 0.717) is 0 Å². The minimum Gasteiger partial charge on any atom is -0.126 e. The van der Waals surface area contributed by atoms with Crippen LogP contribution in [0.1, 0.15) is 25.3 Å². The summed E-state index contributed by atoms with van der Waals surface area (Å²) in [4.78, 5) is 1.39. The smallest absolute Gasteiger partial charge is 0.00722 e. The lowest BCUT2D eigenvalue weighted by Crippen LogP contribution is -2.04. The molecule has 0 fully saturated rings. The zero-order chi connectivity index (χ0) is 11.1. The second-order valence-corrected chi connectivity index (χ2v) is 5.67. The third-order valence-corrected chi connectivity index (χ3v) is 4.58. The van der Waals surface area contributed by atoms with Gasteiger partial charge in [0.1, 0.15) is 0 Å². The average Bonchev–Trinajstić information content (AvgIpc) is 2.26. The van der Waals surface area contributed by atoms with Crippen molar-refractivity contribution in [2.45, 2.75) is 31.6 Å². The van der Waals surface area contributed by atoms with E-state index in [0.717, 1.165) is 11.2 Å². The molecule has 15 heavy (non-hydrogen) atoms. The third kappa shape index (κ3) is 5.07. The standard InChI is InChI=1S/C13H19BrS/c1-3-4-12(9-14)10-15-13-7-5-11(2)6-8-13/h5-8,12H,3-4,9-10H2,1-2H3. The van der Waals surface area contributed by atoms with Crippen molar-refractivity contribution >= 4 is 27.7 Å². The predicted molar refractivity (Wildman–Crippen MR) is 74.1 cm³/mol. The van der Waals surface area contributed by atoms with Crippen molar-refractivity contribution in [1.29, 1.82) is 0 Å². The van der Waals surface area contributed by atoms with Gasteiger partial charge in [-0.05, 0) is 31.4 Å². The van der Waals surface area contributed by atoms with Crippen LogP contribution in [0.5, 0.6) is 0 Å². The summed E-state index contributed by atoms with van der Waals surface area (Å²) in [6, 6.07) is 8.81. The van der Waals surface area contributed by atoms with E-state index in [2.05, 4.69) is 54.0 Å². The number of hydrogen-bond acceptors (Lipinski definition) is 1. The Hall–Kier alpha value is 0.0500. The maximum atomic E-state index is 3.59. The number of benzene rings is 1. The summed E-state index contributed by atoms with van der Waals surface area (Å²) in [6.45, 7) is 4.39. The fourth-order valence-electron chi connectivity index (χ4n) is 1.46. The molecule has 0 aliphatic carbocycles. The summed E-state index contributed by atoms with van der Waals surface area (Å²) in [6.07, 6.45) is 2.61. The minimum atomic E-state index is 0.807. The second kappa shape index (κ2) is 7.34. The summed E-state index contributed by atoms with van der Waals surface area (Å²) >= 11 is 5.56. The molecule has 84 valence electrons. The van der Waals surface area contributed by atoms with Crippen molar-refractivity contribution in [3.8, 4) is 0 Å². The normalized spacial score (nSPS) is 12.7. The number of halogens is 1. The lowest BCUT2D eigenvalue weighted by atomic mass is 10.1. The van der Waals surface area contributed by atoms with Crippen LogP contribution in [0, 0.1) is 12.8 Å². The summed E-state index contributed by atoms with van der Waals surface area (Å²) < 4.78 is 0. The van der Waals surface area contributed by atoms with Crippen LogP contribution in [-0.2, 0) is 0 Å². The molecule has 0 N–H and O–H groups in total. The molecule has 0 aromatic heterocycles. The maximum absolute atomic E-state index is 3.59. The fraction of sp³-hybridized carbons (Fsp3) is 0.538. The van der Waals surface area contributed by atoms with Gasteiger partial charge in [0.25, 0.3) is 0 Å². The van der Waals surface area contributed by atoms with Gasteiger partial charge in [0.15, 0.2) is 0 Å². The first-order valence-corrected chi connectivity index (χ1v) is 7.62. The van der Waals surface area contributed by atoms with Gasteiger partial charge in [-0.15, -0.1) is 11.8 Å². The van der Waals surface area contributed by atoms with E-state index < -0.39 is 0 Å². The fourth-order valence-corrected chi connectivity index (χ4v) is 3.36. The molecule has 0 radical (unpaired) electrons. The van der Waals surface area contributed by atoms with E-state index in [-0.39, 0.29) is 0 Å². The lowest BCUT2D eigenvalue weighted by molar-refractivity contribution is 0.597. The Labute approximate surface area is 106 Å². The molecule has 1 rings (SSSR count). The van der Waals surface area contributed by atoms with Gasteiger partial charge >= 0.3 is 0 Å². The van der Waals surface area contributed by atoms with Crippen molar-refractivity contribution in [2.24, 2.45) is 5.92 Å². The molecule has 1 aromatic rings. The van der Waals surface area contributed by atoms with Gasteiger partial charge in [-0.2, -0.15) is 0 Å². The van der Waals surface area contributed by atoms with Gasteiger partial charge < -0.3 is 0 Å². The first-order chi connectivity index (χ1) is 7.26. The molecule has 0 aliphatic heterocycles. The molecule has 0 bridgehead atoms. The van der Waals surface area contributed by atoms with Crippen LogP contribution >= 0.6 is 27.7 Å². The highest BCUT2D eigenvalue weighted by atomic mass is 79.9. The first-order valence-electron chi connectivity index (χ1n) is 5.51. The maximum Gasteiger partial charge on any atom is 0.00722 e. The molecule has 0 saturated carbocycles. The number of hydrogen-bond donors (Lipinski definition) is 0. The van der Waals surface area contributed by atoms with Crippen LogP contribution < -0.4 is 0 Å². The molecule has 2 heteroatoms. The molecule has 0 aliphatic rings. The second-order valence-electron chi connectivity index (χ2n) is 3.93.